The van der Waals surface area contributed by atoms with Crippen molar-refractivity contribution in [2.45, 2.75) is 33.3 Å². The molecule has 0 aliphatic carbocycles. The van der Waals surface area contributed by atoms with Gasteiger partial charge in [-0.2, -0.15) is 0 Å². The molecule has 0 aliphatic rings. The number of hydrogen-bond donors (Lipinski definition) is 1. The standard InChI is InChI=1S/C18H19BrClNO2/c1-3-12-8-9-17(15(20)10-12)23-11-13-14(19)6-5-7-16(13)21-18(22)4-2/h5-10H,3-4,11H2,1-2H3,(H,21,22). The van der Waals surface area contributed by atoms with Gasteiger partial charge in [0.1, 0.15) is 12.4 Å². The van der Waals surface area contributed by atoms with Crippen LogP contribution in [0.3, 0.4) is 0 Å². The molecule has 2 aromatic carbocycles. The van der Waals surface area contributed by atoms with Crippen molar-refractivity contribution >= 4 is 39.1 Å². The van der Waals surface area contributed by atoms with Gasteiger partial charge in [-0.05, 0) is 36.2 Å². The Kier molecular flexibility index (Phi) is 6.48. The van der Waals surface area contributed by atoms with Gasteiger partial charge in [-0.25, -0.2) is 0 Å². The Morgan fingerprint density at radius 1 is 1.26 bits per heavy atom. The molecule has 0 saturated heterocycles. The van der Waals surface area contributed by atoms with Crippen molar-refractivity contribution in [3.8, 4) is 5.75 Å². The molecule has 0 unspecified atom stereocenters. The third-order valence-corrected chi connectivity index (χ3v) is 4.53. The number of ether oxygens (including phenoxy) is 1. The first-order valence-corrected chi connectivity index (χ1v) is 8.70. The van der Waals surface area contributed by atoms with Gasteiger partial charge >= 0.3 is 0 Å². The highest BCUT2D eigenvalue weighted by molar-refractivity contribution is 9.10. The van der Waals surface area contributed by atoms with Gasteiger partial charge in [0, 0.05) is 22.1 Å². The molecule has 0 aromatic heterocycles. The summed E-state index contributed by atoms with van der Waals surface area (Å²) in [5, 5.41) is 3.48. The highest BCUT2D eigenvalue weighted by atomic mass is 79.9. The lowest BCUT2D eigenvalue weighted by Crippen LogP contribution is -2.12. The third-order valence-electron chi connectivity index (χ3n) is 3.49. The minimum Gasteiger partial charge on any atom is -0.487 e. The van der Waals surface area contributed by atoms with Crippen molar-refractivity contribution < 1.29 is 9.53 Å². The lowest BCUT2D eigenvalue weighted by molar-refractivity contribution is -0.115. The summed E-state index contributed by atoms with van der Waals surface area (Å²) in [4.78, 5) is 11.7. The van der Waals surface area contributed by atoms with Crippen molar-refractivity contribution in [1.82, 2.24) is 0 Å². The highest BCUT2D eigenvalue weighted by Crippen LogP contribution is 2.30. The molecule has 5 heteroatoms. The third kappa shape index (κ3) is 4.72. The maximum atomic E-state index is 11.7. The number of hydrogen-bond acceptors (Lipinski definition) is 2. The highest BCUT2D eigenvalue weighted by Gasteiger charge is 2.11. The van der Waals surface area contributed by atoms with Crippen LogP contribution in [0.25, 0.3) is 0 Å². The van der Waals surface area contributed by atoms with Gasteiger partial charge in [-0.3, -0.25) is 4.79 Å². The molecule has 1 amide bonds. The first kappa shape index (κ1) is 17.8. The number of carbonyl (C=O) groups excluding carboxylic acids is 1. The van der Waals surface area contributed by atoms with Gasteiger partial charge < -0.3 is 10.1 Å². The molecule has 23 heavy (non-hydrogen) atoms. The number of benzene rings is 2. The second-order valence-electron chi connectivity index (χ2n) is 5.07. The molecule has 122 valence electrons. The van der Waals surface area contributed by atoms with Crippen molar-refractivity contribution in [3.05, 3.63) is 57.0 Å². The zero-order chi connectivity index (χ0) is 16.8. The largest absolute Gasteiger partial charge is 0.487 e. The van der Waals surface area contributed by atoms with Crippen LogP contribution in [0.4, 0.5) is 5.69 Å². The lowest BCUT2D eigenvalue weighted by Gasteiger charge is -2.14. The van der Waals surface area contributed by atoms with Crippen LogP contribution >= 0.6 is 27.5 Å². The number of halogens is 2. The molecule has 3 nitrogen and oxygen atoms in total. The topological polar surface area (TPSA) is 38.3 Å². The van der Waals surface area contributed by atoms with Crippen LogP contribution in [0.1, 0.15) is 31.4 Å². The number of carbonyl (C=O) groups is 1. The average Bonchev–Trinajstić information content (AvgIpc) is 2.55. The van der Waals surface area contributed by atoms with Crippen molar-refractivity contribution in [2.75, 3.05) is 5.32 Å². The molecule has 2 rings (SSSR count). The zero-order valence-corrected chi connectivity index (χ0v) is 15.5. The van der Waals surface area contributed by atoms with E-state index in [1.807, 2.05) is 43.3 Å². The van der Waals surface area contributed by atoms with E-state index in [-0.39, 0.29) is 5.91 Å². The maximum Gasteiger partial charge on any atom is 0.224 e. The monoisotopic (exact) mass is 395 g/mol. The SMILES string of the molecule is CCC(=O)Nc1cccc(Br)c1COc1ccc(CC)cc1Cl. The first-order chi connectivity index (χ1) is 11.0. The van der Waals surface area contributed by atoms with E-state index in [2.05, 4.69) is 28.2 Å². The molecule has 1 N–H and O–H groups in total. The van der Waals surface area contributed by atoms with Crippen LogP contribution in [0, 0.1) is 0 Å². The Labute approximate surface area is 150 Å². The zero-order valence-electron chi connectivity index (χ0n) is 13.2. The Morgan fingerprint density at radius 2 is 2.04 bits per heavy atom. The Hall–Kier alpha value is -1.52. The van der Waals surface area contributed by atoms with Crippen LogP contribution < -0.4 is 10.1 Å². The van der Waals surface area contributed by atoms with E-state index >= 15 is 0 Å². The molecular formula is C18H19BrClNO2. The maximum absolute atomic E-state index is 11.7. The number of amides is 1. The predicted molar refractivity (Wildman–Crippen MR) is 98.2 cm³/mol. The Balaban J connectivity index is 2.18. The minimum atomic E-state index is -0.0327. The van der Waals surface area contributed by atoms with Crippen LogP contribution in [-0.4, -0.2) is 5.91 Å². The van der Waals surface area contributed by atoms with E-state index in [0.717, 1.165) is 22.1 Å². The van der Waals surface area contributed by atoms with Crippen molar-refractivity contribution in [1.29, 1.82) is 0 Å². The van der Waals surface area contributed by atoms with Crippen LogP contribution in [0.2, 0.25) is 5.02 Å². The predicted octanol–water partition coefficient (Wildman–Crippen LogP) is 5.59. The van der Waals surface area contributed by atoms with E-state index in [9.17, 15) is 4.79 Å². The Morgan fingerprint density at radius 3 is 2.70 bits per heavy atom. The smallest absolute Gasteiger partial charge is 0.224 e. The van der Waals surface area contributed by atoms with Gasteiger partial charge in [-0.1, -0.05) is 53.5 Å². The van der Waals surface area contributed by atoms with Gasteiger partial charge in [0.15, 0.2) is 0 Å². The molecule has 0 heterocycles. The molecule has 2 aromatic rings. The normalized spacial score (nSPS) is 10.4. The van der Waals surface area contributed by atoms with E-state index in [0.29, 0.717) is 23.8 Å². The number of rotatable bonds is 6. The van der Waals surface area contributed by atoms with Gasteiger partial charge in [0.25, 0.3) is 0 Å². The molecule has 0 fully saturated rings. The molecule has 0 atom stereocenters. The number of aryl methyl sites for hydroxylation is 1. The average molecular weight is 397 g/mol. The molecule has 0 aliphatic heterocycles. The minimum absolute atomic E-state index is 0.0327. The quantitative estimate of drug-likeness (QED) is 0.691. The van der Waals surface area contributed by atoms with Crippen LogP contribution in [0.5, 0.6) is 5.75 Å². The summed E-state index contributed by atoms with van der Waals surface area (Å²) in [5.74, 6) is 0.599. The molecule has 0 radical (unpaired) electrons. The fourth-order valence-corrected chi connectivity index (χ4v) is 2.83. The first-order valence-electron chi connectivity index (χ1n) is 7.53. The summed E-state index contributed by atoms with van der Waals surface area (Å²) in [5.41, 5.74) is 2.79. The lowest BCUT2D eigenvalue weighted by atomic mass is 10.1. The van der Waals surface area contributed by atoms with E-state index < -0.39 is 0 Å². The number of anilines is 1. The summed E-state index contributed by atoms with van der Waals surface area (Å²) in [7, 11) is 0. The molecular weight excluding hydrogens is 378 g/mol. The van der Waals surface area contributed by atoms with Crippen molar-refractivity contribution in [3.63, 3.8) is 0 Å². The number of nitrogens with one attached hydrogen (secondary N) is 1. The molecule has 0 saturated carbocycles. The molecule has 0 spiro atoms. The van der Waals surface area contributed by atoms with E-state index in [4.69, 9.17) is 16.3 Å². The fraction of sp³-hybridized carbons (Fsp3) is 0.278. The summed E-state index contributed by atoms with van der Waals surface area (Å²) >= 11 is 9.76. The second-order valence-corrected chi connectivity index (χ2v) is 6.34. The van der Waals surface area contributed by atoms with E-state index in [1.165, 1.54) is 5.56 Å². The van der Waals surface area contributed by atoms with Crippen LogP contribution in [0.15, 0.2) is 40.9 Å². The summed E-state index contributed by atoms with van der Waals surface area (Å²) < 4.78 is 6.73. The summed E-state index contributed by atoms with van der Waals surface area (Å²) in [6.07, 6.45) is 1.36. The summed E-state index contributed by atoms with van der Waals surface area (Å²) in [6, 6.07) is 11.4. The van der Waals surface area contributed by atoms with Gasteiger partial charge in [0.2, 0.25) is 5.91 Å². The second kappa shape index (κ2) is 8.37. The van der Waals surface area contributed by atoms with Crippen molar-refractivity contribution in [2.24, 2.45) is 0 Å². The van der Waals surface area contributed by atoms with Gasteiger partial charge in [0.05, 0.1) is 5.02 Å². The molecule has 0 bridgehead atoms. The van der Waals surface area contributed by atoms with Crippen LogP contribution in [-0.2, 0) is 17.8 Å². The van der Waals surface area contributed by atoms with E-state index in [1.54, 1.807) is 0 Å². The Bertz CT molecular complexity index is 703. The summed E-state index contributed by atoms with van der Waals surface area (Å²) in [6.45, 7) is 4.21. The van der Waals surface area contributed by atoms with Gasteiger partial charge in [-0.15, -0.1) is 0 Å². The fourth-order valence-electron chi connectivity index (χ4n) is 2.09.